The van der Waals surface area contributed by atoms with Crippen LogP contribution in [0.2, 0.25) is 5.02 Å². The standard InChI is InChI=1S/C12H16ClFN2O2S/c1-2-8-3-4-16(7-8)19(17,18)12-6-11(15)10(14)5-9(12)13/h5-6,8H,2-4,7,15H2,1H3. The van der Waals surface area contributed by atoms with Crippen molar-refractivity contribution in [3.8, 4) is 0 Å². The smallest absolute Gasteiger partial charge is 0.244 e. The van der Waals surface area contributed by atoms with E-state index in [0.29, 0.717) is 19.0 Å². The lowest BCUT2D eigenvalue weighted by atomic mass is 10.1. The van der Waals surface area contributed by atoms with E-state index in [1.54, 1.807) is 0 Å². The third-order valence-corrected chi connectivity index (χ3v) is 5.82. The van der Waals surface area contributed by atoms with Crippen LogP contribution in [0.4, 0.5) is 10.1 Å². The summed E-state index contributed by atoms with van der Waals surface area (Å²) in [6.45, 7) is 2.98. The summed E-state index contributed by atoms with van der Waals surface area (Å²) in [7, 11) is -3.70. The second-order valence-corrected chi connectivity index (χ2v) is 7.04. The van der Waals surface area contributed by atoms with Crippen molar-refractivity contribution in [1.82, 2.24) is 4.31 Å². The third-order valence-electron chi connectivity index (χ3n) is 3.49. The van der Waals surface area contributed by atoms with Gasteiger partial charge in [0, 0.05) is 13.1 Å². The lowest BCUT2D eigenvalue weighted by Crippen LogP contribution is -2.29. The fraction of sp³-hybridized carbons (Fsp3) is 0.500. The van der Waals surface area contributed by atoms with E-state index < -0.39 is 15.8 Å². The summed E-state index contributed by atoms with van der Waals surface area (Å²) in [6, 6.07) is 2.03. The molecule has 106 valence electrons. The van der Waals surface area contributed by atoms with Gasteiger partial charge in [-0.05, 0) is 24.5 Å². The van der Waals surface area contributed by atoms with Crippen LogP contribution in [0.1, 0.15) is 19.8 Å². The number of hydrogen-bond donors (Lipinski definition) is 1. The van der Waals surface area contributed by atoms with Crippen LogP contribution in [0.25, 0.3) is 0 Å². The Kier molecular flexibility index (Phi) is 4.03. The predicted octanol–water partition coefficient (Wildman–Crippen LogP) is 2.48. The highest BCUT2D eigenvalue weighted by atomic mass is 35.5. The lowest BCUT2D eigenvalue weighted by molar-refractivity contribution is 0.453. The molecule has 1 aliphatic rings. The zero-order valence-electron chi connectivity index (χ0n) is 10.6. The maximum absolute atomic E-state index is 13.2. The zero-order valence-corrected chi connectivity index (χ0v) is 12.1. The molecule has 0 aromatic heterocycles. The molecule has 0 radical (unpaired) electrons. The van der Waals surface area contributed by atoms with Crippen molar-refractivity contribution in [1.29, 1.82) is 0 Å². The van der Waals surface area contributed by atoms with Gasteiger partial charge in [-0.3, -0.25) is 0 Å². The van der Waals surface area contributed by atoms with Gasteiger partial charge < -0.3 is 5.73 Å². The first-order valence-electron chi connectivity index (χ1n) is 6.11. The van der Waals surface area contributed by atoms with E-state index in [2.05, 4.69) is 0 Å². The number of nitrogens with zero attached hydrogens (tertiary/aromatic N) is 1. The van der Waals surface area contributed by atoms with E-state index in [-0.39, 0.29) is 15.6 Å². The third kappa shape index (κ3) is 2.70. The highest BCUT2D eigenvalue weighted by Gasteiger charge is 2.33. The molecule has 19 heavy (non-hydrogen) atoms. The first-order valence-corrected chi connectivity index (χ1v) is 7.92. The minimum Gasteiger partial charge on any atom is -0.396 e. The Morgan fingerprint density at radius 1 is 1.53 bits per heavy atom. The van der Waals surface area contributed by atoms with Crippen molar-refractivity contribution >= 4 is 27.3 Å². The molecule has 1 aromatic rings. The van der Waals surface area contributed by atoms with Gasteiger partial charge in [0.2, 0.25) is 10.0 Å². The molecule has 1 atom stereocenters. The van der Waals surface area contributed by atoms with E-state index in [4.69, 9.17) is 17.3 Å². The van der Waals surface area contributed by atoms with Crippen LogP contribution in [0.3, 0.4) is 0 Å². The topological polar surface area (TPSA) is 63.4 Å². The second-order valence-electron chi connectivity index (χ2n) is 4.73. The fourth-order valence-corrected chi connectivity index (χ4v) is 4.29. The maximum atomic E-state index is 13.2. The molecule has 1 fully saturated rings. The first-order chi connectivity index (χ1) is 8.86. The molecule has 0 aliphatic carbocycles. The molecule has 0 saturated carbocycles. The van der Waals surface area contributed by atoms with Crippen LogP contribution in [0, 0.1) is 11.7 Å². The van der Waals surface area contributed by atoms with Crippen molar-refractivity contribution in [3.63, 3.8) is 0 Å². The summed E-state index contributed by atoms with van der Waals surface area (Å²) in [6.07, 6.45) is 1.77. The molecule has 2 N–H and O–H groups in total. The van der Waals surface area contributed by atoms with Gasteiger partial charge >= 0.3 is 0 Å². The number of nitrogens with two attached hydrogens (primary N) is 1. The summed E-state index contributed by atoms with van der Waals surface area (Å²) in [4.78, 5) is -0.121. The Hall–Kier alpha value is -0.850. The highest BCUT2D eigenvalue weighted by Crippen LogP contribution is 2.32. The minimum atomic E-state index is -3.70. The van der Waals surface area contributed by atoms with Crippen molar-refractivity contribution in [2.24, 2.45) is 5.92 Å². The average molecular weight is 307 g/mol. The van der Waals surface area contributed by atoms with Crippen LogP contribution in [0.5, 0.6) is 0 Å². The predicted molar refractivity (Wildman–Crippen MR) is 73.0 cm³/mol. The van der Waals surface area contributed by atoms with Gasteiger partial charge in [-0.15, -0.1) is 0 Å². The monoisotopic (exact) mass is 306 g/mol. The van der Waals surface area contributed by atoms with Crippen molar-refractivity contribution in [2.45, 2.75) is 24.7 Å². The molecule has 0 bridgehead atoms. The van der Waals surface area contributed by atoms with E-state index in [1.165, 1.54) is 4.31 Å². The van der Waals surface area contributed by atoms with Crippen LogP contribution in [-0.2, 0) is 10.0 Å². The summed E-state index contributed by atoms with van der Waals surface area (Å²) >= 11 is 5.83. The molecule has 7 heteroatoms. The SMILES string of the molecule is CCC1CCN(S(=O)(=O)c2cc(N)c(F)cc2Cl)C1. The molecule has 1 aliphatic heterocycles. The summed E-state index contributed by atoms with van der Waals surface area (Å²) in [5.41, 5.74) is 5.21. The van der Waals surface area contributed by atoms with Crippen molar-refractivity contribution in [3.05, 3.63) is 23.0 Å². The molecule has 1 heterocycles. The zero-order chi connectivity index (χ0) is 14.2. The number of hydrogen-bond acceptors (Lipinski definition) is 3. The molecule has 4 nitrogen and oxygen atoms in total. The van der Waals surface area contributed by atoms with Crippen molar-refractivity contribution < 1.29 is 12.8 Å². The Balaban J connectivity index is 2.38. The van der Waals surface area contributed by atoms with Gasteiger partial charge in [0.05, 0.1) is 10.7 Å². The lowest BCUT2D eigenvalue weighted by Gasteiger charge is -2.17. The minimum absolute atomic E-state index is 0.121. The van der Waals surface area contributed by atoms with Gasteiger partial charge in [0.15, 0.2) is 0 Å². The van der Waals surface area contributed by atoms with E-state index in [0.717, 1.165) is 25.0 Å². The molecule has 1 aromatic carbocycles. The van der Waals surface area contributed by atoms with Gasteiger partial charge in [-0.1, -0.05) is 24.9 Å². The van der Waals surface area contributed by atoms with Gasteiger partial charge in [-0.25, -0.2) is 12.8 Å². The first kappa shape index (κ1) is 14.6. The molecule has 2 rings (SSSR count). The number of benzene rings is 1. The van der Waals surface area contributed by atoms with Crippen LogP contribution in [-0.4, -0.2) is 25.8 Å². The number of anilines is 1. The number of rotatable bonds is 3. The number of nitrogen functional groups attached to an aromatic ring is 1. The average Bonchev–Trinajstić information content (AvgIpc) is 2.83. The number of halogens is 2. The van der Waals surface area contributed by atoms with E-state index >= 15 is 0 Å². The quantitative estimate of drug-likeness (QED) is 0.873. The number of sulfonamides is 1. The van der Waals surface area contributed by atoms with Crippen molar-refractivity contribution in [2.75, 3.05) is 18.8 Å². The second kappa shape index (κ2) is 5.26. The van der Waals surface area contributed by atoms with E-state index in [1.807, 2.05) is 6.92 Å². The largest absolute Gasteiger partial charge is 0.396 e. The fourth-order valence-electron chi connectivity index (χ4n) is 2.23. The molecule has 0 spiro atoms. The van der Waals surface area contributed by atoms with E-state index in [9.17, 15) is 12.8 Å². The van der Waals surface area contributed by atoms with Gasteiger partial charge in [-0.2, -0.15) is 4.31 Å². The van der Waals surface area contributed by atoms with Crippen LogP contribution in [0.15, 0.2) is 17.0 Å². The molecule has 1 unspecified atom stereocenters. The van der Waals surface area contributed by atoms with Gasteiger partial charge in [0.1, 0.15) is 10.7 Å². The Labute approximate surface area is 117 Å². The molecular formula is C12H16ClFN2O2S. The summed E-state index contributed by atoms with van der Waals surface area (Å²) in [5.74, 6) is -0.344. The van der Waals surface area contributed by atoms with Crippen LogP contribution < -0.4 is 5.73 Å². The molecule has 0 amide bonds. The molecular weight excluding hydrogens is 291 g/mol. The Bertz CT molecular complexity index is 592. The summed E-state index contributed by atoms with van der Waals surface area (Å²) < 4.78 is 39.5. The van der Waals surface area contributed by atoms with Crippen LogP contribution >= 0.6 is 11.6 Å². The highest BCUT2D eigenvalue weighted by molar-refractivity contribution is 7.89. The normalized spacial score (nSPS) is 20.9. The summed E-state index contributed by atoms with van der Waals surface area (Å²) in [5, 5.41) is -0.133. The maximum Gasteiger partial charge on any atom is 0.244 e. The Morgan fingerprint density at radius 2 is 2.21 bits per heavy atom. The van der Waals surface area contributed by atoms with Gasteiger partial charge in [0.25, 0.3) is 0 Å². The molecule has 1 saturated heterocycles. The Morgan fingerprint density at radius 3 is 2.79 bits per heavy atom.